The van der Waals surface area contributed by atoms with E-state index in [4.69, 9.17) is 9.47 Å². The maximum atomic E-state index is 12.0. The van der Waals surface area contributed by atoms with Crippen LogP contribution in [0.15, 0.2) is 48.5 Å². The third-order valence-corrected chi connectivity index (χ3v) is 4.29. The number of ether oxygens (including phenoxy) is 2. The molecule has 1 N–H and O–H groups in total. The Morgan fingerprint density at radius 1 is 1.11 bits per heavy atom. The van der Waals surface area contributed by atoms with Gasteiger partial charge in [0.2, 0.25) is 0 Å². The molecule has 5 heteroatoms. The van der Waals surface area contributed by atoms with E-state index in [0.29, 0.717) is 5.75 Å². The zero-order valence-electron chi connectivity index (χ0n) is 16.1. The summed E-state index contributed by atoms with van der Waals surface area (Å²) < 4.78 is 10.2. The zero-order valence-corrected chi connectivity index (χ0v) is 16.1. The normalized spacial score (nSPS) is 11.9. The van der Waals surface area contributed by atoms with Crippen molar-refractivity contribution in [1.82, 2.24) is 5.32 Å². The number of carbonyl (C=O) groups is 2. The molecule has 2 aromatic rings. The van der Waals surface area contributed by atoms with Crippen LogP contribution in [0.1, 0.15) is 35.2 Å². The van der Waals surface area contributed by atoms with Crippen molar-refractivity contribution in [3.8, 4) is 5.75 Å². The summed E-state index contributed by atoms with van der Waals surface area (Å²) >= 11 is 0. The minimum atomic E-state index is -0.588. The van der Waals surface area contributed by atoms with Crippen LogP contribution in [0.2, 0.25) is 0 Å². The molecule has 0 fully saturated rings. The molecule has 27 heavy (non-hydrogen) atoms. The van der Waals surface area contributed by atoms with Crippen molar-refractivity contribution in [2.75, 3.05) is 13.7 Å². The fourth-order valence-corrected chi connectivity index (χ4v) is 2.55. The lowest BCUT2D eigenvalue weighted by molar-refractivity contribution is -0.144. The second-order valence-electron chi connectivity index (χ2n) is 6.32. The number of aryl methyl sites for hydroxylation is 2. The van der Waals surface area contributed by atoms with Gasteiger partial charge in [-0.2, -0.15) is 0 Å². The lowest BCUT2D eigenvalue weighted by Gasteiger charge is -2.15. The molecule has 5 nitrogen and oxygen atoms in total. The summed E-state index contributed by atoms with van der Waals surface area (Å²) in [4.78, 5) is 23.9. The SMILES string of the molecule is COc1ccccc1/C=C/C(=O)OCC(=O)N[C@H](C)c1ccc(C)c(C)c1. The molecular formula is C22H25NO4. The maximum absolute atomic E-state index is 12.0. The summed E-state index contributed by atoms with van der Waals surface area (Å²) in [6.07, 6.45) is 2.87. The molecule has 0 radical (unpaired) electrons. The maximum Gasteiger partial charge on any atom is 0.331 e. The van der Waals surface area contributed by atoms with E-state index in [0.717, 1.165) is 11.1 Å². The first kappa shape index (κ1) is 20.2. The third-order valence-electron chi connectivity index (χ3n) is 4.29. The standard InChI is InChI=1S/C22H25NO4/c1-15-9-10-19(13-16(15)2)17(3)23-21(24)14-27-22(25)12-11-18-7-5-6-8-20(18)26-4/h5-13,17H,14H2,1-4H3,(H,23,24)/b12-11+/t17-/m1/s1. The molecule has 2 aromatic carbocycles. The van der Waals surface area contributed by atoms with Crippen molar-refractivity contribution >= 4 is 18.0 Å². The van der Waals surface area contributed by atoms with Gasteiger partial charge in [0.25, 0.3) is 5.91 Å². The second-order valence-corrected chi connectivity index (χ2v) is 6.32. The van der Waals surface area contributed by atoms with Crippen LogP contribution in [0.5, 0.6) is 5.75 Å². The van der Waals surface area contributed by atoms with Gasteiger partial charge in [-0.25, -0.2) is 4.79 Å². The molecule has 0 aliphatic carbocycles. The summed E-state index contributed by atoms with van der Waals surface area (Å²) in [5, 5.41) is 2.83. The average Bonchev–Trinajstić information content (AvgIpc) is 2.66. The van der Waals surface area contributed by atoms with E-state index in [2.05, 4.69) is 5.32 Å². The van der Waals surface area contributed by atoms with Crippen LogP contribution in [0.4, 0.5) is 0 Å². The summed E-state index contributed by atoms with van der Waals surface area (Å²) in [7, 11) is 1.56. The minimum Gasteiger partial charge on any atom is -0.496 e. The lowest BCUT2D eigenvalue weighted by Crippen LogP contribution is -2.31. The van der Waals surface area contributed by atoms with Crippen LogP contribution < -0.4 is 10.1 Å². The number of amides is 1. The monoisotopic (exact) mass is 367 g/mol. The van der Waals surface area contributed by atoms with Crippen molar-refractivity contribution in [3.63, 3.8) is 0 Å². The van der Waals surface area contributed by atoms with Gasteiger partial charge in [0.1, 0.15) is 5.75 Å². The van der Waals surface area contributed by atoms with E-state index in [1.807, 2.05) is 57.2 Å². The van der Waals surface area contributed by atoms with Crippen LogP contribution in [0, 0.1) is 13.8 Å². The highest BCUT2D eigenvalue weighted by molar-refractivity contribution is 5.89. The van der Waals surface area contributed by atoms with Crippen molar-refractivity contribution in [1.29, 1.82) is 0 Å². The number of benzene rings is 2. The van der Waals surface area contributed by atoms with Crippen molar-refractivity contribution in [2.24, 2.45) is 0 Å². The van der Waals surface area contributed by atoms with Gasteiger partial charge in [-0.1, -0.05) is 36.4 Å². The van der Waals surface area contributed by atoms with Gasteiger partial charge in [-0.3, -0.25) is 4.79 Å². The molecule has 0 saturated carbocycles. The van der Waals surface area contributed by atoms with Crippen molar-refractivity contribution in [3.05, 3.63) is 70.8 Å². The number of esters is 1. The molecule has 0 spiro atoms. The number of hydrogen-bond acceptors (Lipinski definition) is 4. The molecule has 0 aromatic heterocycles. The molecule has 1 atom stereocenters. The molecule has 0 bridgehead atoms. The Morgan fingerprint density at radius 3 is 2.56 bits per heavy atom. The summed E-state index contributed by atoms with van der Waals surface area (Å²) in [5.41, 5.74) is 4.13. The molecule has 0 aliphatic rings. The van der Waals surface area contributed by atoms with Crippen LogP contribution >= 0.6 is 0 Å². The topological polar surface area (TPSA) is 64.6 Å². The Kier molecular flexibility index (Phi) is 7.17. The number of para-hydroxylation sites is 1. The van der Waals surface area contributed by atoms with Gasteiger partial charge in [0.05, 0.1) is 13.2 Å². The van der Waals surface area contributed by atoms with E-state index >= 15 is 0 Å². The largest absolute Gasteiger partial charge is 0.496 e. The molecule has 1 amide bonds. The Bertz CT molecular complexity index is 842. The number of carbonyl (C=O) groups excluding carboxylic acids is 2. The van der Waals surface area contributed by atoms with Gasteiger partial charge in [0, 0.05) is 11.6 Å². The number of hydrogen-bond donors (Lipinski definition) is 1. The highest BCUT2D eigenvalue weighted by atomic mass is 16.5. The predicted octanol–water partition coefficient (Wildman–Crippen LogP) is 3.75. The summed E-state index contributed by atoms with van der Waals surface area (Å²) in [6.45, 7) is 5.64. The van der Waals surface area contributed by atoms with E-state index in [9.17, 15) is 9.59 Å². The second kappa shape index (κ2) is 9.57. The van der Waals surface area contributed by atoms with Gasteiger partial charge in [-0.05, 0) is 49.6 Å². The Hall–Kier alpha value is -3.08. The van der Waals surface area contributed by atoms with Crippen molar-refractivity contribution in [2.45, 2.75) is 26.8 Å². The number of nitrogens with one attached hydrogen (secondary N) is 1. The molecule has 0 unspecified atom stereocenters. The fourth-order valence-electron chi connectivity index (χ4n) is 2.55. The van der Waals surface area contributed by atoms with Gasteiger partial charge < -0.3 is 14.8 Å². The third kappa shape index (κ3) is 5.99. The quantitative estimate of drug-likeness (QED) is 0.598. The predicted molar refractivity (Wildman–Crippen MR) is 105 cm³/mol. The molecular weight excluding hydrogens is 342 g/mol. The highest BCUT2D eigenvalue weighted by Gasteiger charge is 2.11. The zero-order chi connectivity index (χ0) is 19.8. The highest BCUT2D eigenvalue weighted by Crippen LogP contribution is 2.19. The molecule has 0 heterocycles. The lowest BCUT2D eigenvalue weighted by atomic mass is 10.0. The van der Waals surface area contributed by atoms with Gasteiger partial charge in [-0.15, -0.1) is 0 Å². The Morgan fingerprint density at radius 2 is 1.85 bits per heavy atom. The first-order valence-corrected chi connectivity index (χ1v) is 8.75. The Balaban J connectivity index is 1.84. The van der Waals surface area contributed by atoms with Crippen LogP contribution in [-0.4, -0.2) is 25.6 Å². The number of rotatable bonds is 7. The smallest absolute Gasteiger partial charge is 0.331 e. The van der Waals surface area contributed by atoms with E-state index in [1.165, 1.54) is 17.2 Å². The van der Waals surface area contributed by atoms with Gasteiger partial charge in [0.15, 0.2) is 6.61 Å². The first-order valence-electron chi connectivity index (χ1n) is 8.75. The van der Waals surface area contributed by atoms with E-state index < -0.39 is 5.97 Å². The van der Waals surface area contributed by atoms with E-state index in [-0.39, 0.29) is 18.6 Å². The average molecular weight is 367 g/mol. The first-order chi connectivity index (χ1) is 12.9. The molecule has 0 saturated heterocycles. The summed E-state index contributed by atoms with van der Waals surface area (Å²) in [5.74, 6) is -0.281. The van der Waals surface area contributed by atoms with E-state index in [1.54, 1.807) is 19.3 Å². The van der Waals surface area contributed by atoms with Crippen molar-refractivity contribution < 1.29 is 19.1 Å². The summed E-state index contributed by atoms with van der Waals surface area (Å²) in [6, 6.07) is 13.2. The fraction of sp³-hybridized carbons (Fsp3) is 0.273. The van der Waals surface area contributed by atoms with Crippen LogP contribution in [0.25, 0.3) is 6.08 Å². The molecule has 0 aliphatic heterocycles. The minimum absolute atomic E-state index is 0.167. The Labute approximate surface area is 160 Å². The number of methoxy groups -OCH3 is 1. The molecule has 2 rings (SSSR count). The van der Waals surface area contributed by atoms with Gasteiger partial charge >= 0.3 is 5.97 Å². The van der Waals surface area contributed by atoms with Crippen LogP contribution in [0.3, 0.4) is 0 Å². The molecule has 142 valence electrons. The van der Waals surface area contributed by atoms with Crippen LogP contribution in [-0.2, 0) is 14.3 Å².